The maximum absolute atomic E-state index is 11.1. The first kappa shape index (κ1) is 21.0. The predicted molar refractivity (Wildman–Crippen MR) is 112 cm³/mol. The summed E-state index contributed by atoms with van der Waals surface area (Å²) in [7, 11) is -0.500. The van der Waals surface area contributed by atoms with Crippen molar-refractivity contribution in [2.75, 3.05) is 13.1 Å². The number of fused-ring (bicyclic) bond motifs is 1. The zero-order valence-electron chi connectivity index (χ0n) is 17.5. The molecular weight excluding hydrogens is 392 g/mol. The Labute approximate surface area is 177 Å². The van der Waals surface area contributed by atoms with Crippen molar-refractivity contribution in [1.29, 1.82) is 0 Å². The van der Waals surface area contributed by atoms with Gasteiger partial charge in [-0.3, -0.25) is 0 Å². The Kier molecular flexibility index (Phi) is 5.39. The van der Waals surface area contributed by atoms with Crippen LogP contribution in [0.3, 0.4) is 0 Å². The van der Waals surface area contributed by atoms with E-state index in [4.69, 9.17) is 30.8 Å². The number of hydrogen-bond acceptors (Lipinski definition) is 4. The number of benzene rings is 1. The number of halogens is 1. The number of rotatable bonds is 4. The highest BCUT2D eigenvalue weighted by Crippen LogP contribution is 2.40. The second kappa shape index (κ2) is 7.45. The third-order valence-electron chi connectivity index (χ3n) is 7.07. The molecule has 3 atom stereocenters. The molecule has 1 aromatic rings. The number of carbonyl (C=O) groups is 1. The van der Waals surface area contributed by atoms with Gasteiger partial charge in [-0.2, -0.15) is 0 Å². The van der Waals surface area contributed by atoms with Crippen molar-refractivity contribution in [2.24, 2.45) is 11.8 Å². The fourth-order valence-electron chi connectivity index (χ4n) is 4.61. The summed E-state index contributed by atoms with van der Waals surface area (Å²) in [5.74, 6) is 0.810. The second-order valence-corrected chi connectivity index (χ2v) is 9.90. The van der Waals surface area contributed by atoms with Gasteiger partial charge in [-0.1, -0.05) is 29.8 Å². The van der Waals surface area contributed by atoms with E-state index in [0.29, 0.717) is 36.6 Å². The largest absolute Gasteiger partial charge is 0.496 e. The van der Waals surface area contributed by atoms with E-state index in [1.54, 1.807) is 0 Å². The Hall–Kier alpha value is -1.28. The van der Waals surface area contributed by atoms with Gasteiger partial charge in [-0.25, -0.2) is 4.79 Å². The first-order valence-electron chi connectivity index (χ1n) is 10.3. The highest BCUT2D eigenvalue weighted by atomic mass is 35.5. The molecule has 1 aliphatic carbocycles. The third-order valence-corrected chi connectivity index (χ3v) is 7.53. The molecule has 1 saturated carbocycles. The smallest absolute Gasteiger partial charge is 0.465 e. The molecule has 1 amide bonds. The number of hydrogen-bond donors (Lipinski definition) is 1. The molecule has 6 nitrogen and oxygen atoms in total. The summed E-state index contributed by atoms with van der Waals surface area (Å²) in [4.78, 5) is 12.7. The molecule has 0 aromatic heterocycles. The molecule has 0 spiro atoms. The van der Waals surface area contributed by atoms with Gasteiger partial charge in [-0.05, 0) is 57.9 Å². The van der Waals surface area contributed by atoms with E-state index in [2.05, 4.69) is 0 Å². The van der Waals surface area contributed by atoms with Gasteiger partial charge in [0.05, 0.1) is 23.9 Å². The van der Waals surface area contributed by atoms with Crippen molar-refractivity contribution in [3.05, 3.63) is 28.8 Å². The average Bonchev–Trinajstić information content (AvgIpc) is 3.24. The number of likely N-dealkylation sites (tertiary alicyclic amines) is 1. The van der Waals surface area contributed by atoms with Crippen LogP contribution < -0.4 is 5.46 Å². The van der Waals surface area contributed by atoms with Crippen molar-refractivity contribution in [2.45, 2.75) is 64.4 Å². The minimum absolute atomic E-state index is 0.150. The lowest BCUT2D eigenvalue weighted by atomic mass is 9.78. The molecule has 3 fully saturated rings. The van der Waals surface area contributed by atoms with Crippen LogP contribution in [0.25, 0.3) is 0 Å². The molecule has 158 valence electrons. The van der Waals surface area contributed by atoms with Gasteiger partial charge >= 0.3 is 13.2 Å². The summed E-state index contributed by atoms with van der Waals surface area (Å²) >= 11 is 6.70. The van der Waals surface area contributed by atoms with Crippen LogP contribution in [-0.4, -0.2) is 53.6 Å². The summed E-state index contributed by atoms with van der Waals surface area (Å²) < 4.78 is 18.5. The van der Waals surface area contributed by atoms with E-state index in [1.165, 1.54) is 4.90 Å². The van der Waals surface area contributed by atoms with Crippen molar-refractivity contribution in [3.63, 3.8) is 0 Å². The maximum Gasteiger partial charge on any atom is 0.496 e. The molecule has 0 bridgehead atoms. The van der Waals surface area contributed by atoms with Gasteiger partial charge < -0.3 is 24.1 Å². The van der Waals surface area contributed by atoms with Crippen molar-refractivity contribution in [1.82, 2.24) is 4.90 Å². The SMILES string of the molecule is CC1(C)OB(c2cccc(CO[C@H]3C[C@@H]4CN(C(=O)O)C[C@@H]4C3)c2Cl)OC1(C)C. The van der Waals surface area contributed by atoms with E-state index in [1.807, 2.05) is 45.9 Å². The Morgan fingerprint density at radius 1 is 1.21 bits per heavy atom. The molecule has 0 radical (unpaired) electrons. The van der Waals surface area contributed by atoms with Crippen LogP contribution in [0.4, 0.5) is 4.79 Å². The monoisotopic (exact) mass is 421 g/mol. The van der Waals surface area contributed by atoms with Crippen LogP contribution in [0, 0.1) is 11.8 Å². The molecule has 2 aliphatic heterocycles. The van der Waals surface area contributed by atoms with E-state index in [0.717, 1.165) is 23.9 Å². The van der Waals surface area contributed by atoms with Gasteiger partial charge in [-0.15, -0.1) is 0 Å². The zero-order valence-corrected chi connectivity index (χ0v) is 18.2. The molecule has 4 rings (SSSR count). The third kappa shape index (κ3) is 3.90. The minimum Gasteiger partial charge on any atom is -0.465 e. The van der Waals surface area contributed by atoms with Crippen LogP contribution >= 0.6 is 11.6 Å². The van der Waals surface area contributed by atoms with Crippen LogP contribution in [0.15, 0.2) is 18.2 Å². The lowest BCUT2D eigenvalue weighted by Crippen LogP contribution is -2.41. The van der Waals surface area contributed by atoms with Gasteiger partial charge in [0.15, 0.2) is 0 Å². The Bertz CT molecular complexity index is 771. The second-order valence-electron chi connectivity index (χ2n) is 9.52. The lowest BCUT2D eigenvalue weighted by Gasteiger charge is -2.32. The summed E-state index contributed by atoms with van der Waals surface area (Å²) in [6.07, 6.45) is 1.15. The Morgan fingerprint density at radius 2 is 1.79 bits per heavy atom. The lowest BCUT2D eigenvalue weighted by molar-refractivity contribution is 0.00578. The molecule has 2 saturated heterocycles. The first-order valence-corrected chi connectivity index (χ1v) is 10.7. The molecular formula is C21H29BClNO5. The van der Waals surface area contributed by atoms with Gasteiger partial charge in [0.1, 0.15) is 0 Å². The minimum atomic E-state index is -0.817. The van der Waals surface area contributed by atoms with E-state index >= 15 is 0 Å². The van der Waals surface area contributed by atoms with E-state index in [9.17, 15) is 4.79 Å². The highest BCUT2D eigenvalue weighted by Gasteiger charge is 2.52. The van der Waals surface area contributed by atoms with Crippen molar-refractivity contribution >= 4 is 30.3 Å². The predicted octanol–water partition coefficient (Wildman–Crippen LogP) is 3.54. The fraction of sp³-hybridized carbons (Fsp3) is 0.667. The molecule has 8 heteroatoms. The molecule has 1 N–H and O–H groups in total. The highest BCUT2D eigenvalue weighted by molar-refractivity contribution is 6.65. The van der Waals surface area contributed by atoms with Crippen LogP contribution in [0.2, 0.25) is 5.02 Å². The molecule has 29 heavy (non-hydrogen) atoms. The van der Waals surface area contributed by atoms with Crippen molar-refractivity contribution < 1.29 is 23.9 Å². The van der Waals surface area contributed by atoms with Gasteiger partial charge in [0.25, 0.3) is 0 Å². The number of ether oxygens (including phenoxy) is 1. The number of carboxylic acid groups (broad SMARTS) is 1. The van der Waals surface area contributed by atoms with Gasteiger partial charge in [0, 0.05) is 23.6 Å². The van der Waals surface area contributed by atoms with Crippen LogP contribution in [0.1, 0.15) is 46.1 Å². The van der Waals surface area contributed by atoms with Crippen LogP contribution in [-0.2, 0) is 20.7 Å². The summed E-state index contributed by atoms with van der Waals surface area (Å²) in [6.45, 7) is 9.77. The topological polar surface area (TPSA) is 68.2 Å². The van der Waals surface area contributed by atoms with Gasteiger partial charge in [0.2, 0.25) is 0 Å². The van der Waals surface area contributed by atoms with E-state index in [-0.39, 0.29) is 6.10 Å². The number of amides is 1. The van der Waals surface area contributed by atoms with Crippen molar-refractivity contribution in [3.8, 4) is 0 Å². The average molecular weight is 422 g/mol. The summed E-state index contributed by atoms with van der Waals surface area (Å²) in [5.41, 5.74) is 0.910. The first-order chi connectivity index (χ1) is 13.6. The summed E-state index contributed by atoms with van der Waals surface area (Å²) in [6, 6.07) is 5.87. The quantitative estimate of drug-likeness (QED) is 0.753. The normalized spacial score (nSPS) is 30.0. The number of nitrogens with zero attached hydrogens (tertiary/aromatic N) is 1. The Balaban J connectivity index is 1.38. The van der Waals surface area contributed by atoms with Crippen LogP contribution in [0.5, 0.6) is 0 Å². The zero-order chi connectivity index (χ0) is 21.0. The maximum atomic E-state index is 11.1. The molecule has 2 heterocycles. The Morgan fingerprint density at radius 3 is 2.34 bits per heavy atom. The molecule has 1 aromatic carbocycles. The standard InChI is InChI=1S/C21H29BClNO5/c1-20(2)21(3,4)29-22(28-20)17-7-5-6-13(18(17)23)12-27-16-8-14-10-24(19(25)26)11-15(14)9-16/h5-7,14-16H,8-12H2,1-4H3,(H,25,26)/t14-,15+,16+. The summed E-state index contributed by atoms with van der Waals surface area (Å²) in [5, 5.41) is 9.78. The molecule has 3 aliphatic rings. The van der Waals surface area contributed by atoms with E-state index < -0.39 is 24.4 Å². The fourth-order valence-corrected chi connectivity index (χ4v) is 4.88. The molecule has 0 unspecified atom stereocenters.